The van der Waals surface area contributed by atoms with Gasteiger partial charge in [-0.05, 0) is 49.6 Å². The molecule has 1 saturated heterocycles. The molecule has 178 valence electrons. The molecule has 1 aromatic heterocycles. The lowest BCUT2D eigenvalue weighted by atomic mass is 9.51. The molecule has 0 bridgehead atoms. The zero-order valence-corrected chi connectivity index (χ0v) is 20.0. The van der Waals surface area contributed by atoms with E-state index in [0.29, 0.717) is 37.4 Å². The Morgan fingerprint density at radius 1 is 1.23 bits per heavy atom. The molecule has 8 nitrogen and oxygen atoms in total. The molecule has 1 aliphatic carbocycles. The number of hydrogen-bond acceptors (Lipinski definition) is 4. The van der Waals surface area contributed by atoms with Crippen molar-refractivity contribution in [3.63, 3.8) is 0 Å². The van der Waals surface area contributed by atoms with Crippen LogP contribution in [0, 0.1) is 17.2 Å². The molecule has 2 aliphatic heterocycles. The molecule has 3 aromatic rings. The van der Waals surface area contributed by atoms with Gasteiger partial charge in [-0.1, -0.05) is 29.8 Å². The second-order valence-corrected chi connectivity index (χ2v) is 10.1. The van der Waals surface area contributed by atoms with Crippen LogP contribution >= 0.6 is 11.6 Å². The number of carbonyl (C=O) groups excluding carboxylic acids is 2. The number of fused-ring (bicyclic) bond motifs is 5. The Hall–Kier alpha value is -3.57. The number of aryl methyl sites for hydroxylation is 1. The number of carbonyl (C=O) groups is 2. The summed E-state index contributed by atoms with van der Waals surface area (Å²) in [5, 5.41) is 15.6. The number of rotatable bonds is 5. The number of amides is 3. The first kappa shape index (κ1) is 21.9. The summed E-state index contributed by atoms with van der Waals surface area (Å²) in [6.45, 7) is 2.93. The predicted molar refractivity (Wildman–Crippen MR) is 132 cm³/mol. The van der Waals surface area contributed by atoms with Crippen LogP contribution in [0.5, 0.6) is 0 Å². The van der Waals surface area contributed by atoms with Crippen LogP contribution in [0.25, 0.3) is 11.0 Å². The zero-order chi connectivity index (χ0) is 24.3. The number of nitrogens with one attached hydrogen (secondary N) is 2. The monoisotopic (exact) mass is 488 g/mol. The molecule has 4 atom stereocenters. The number of halogens is 1. The van der Waals surface area contributed by atoms with E-state index >= 15 is 0 Å². The molecule has 2 fully saturated rings. The lowest BCUT2D eigenvalue weighted by Crippen LogP contribution is -2.74. The fourth-order valence-corrected chi connectivity index (χ4v) is 6.59. The second-order valence-electron chi connectivity index (χ2n) is 9.70. The number of urea groups is 1. The van der Waals surface area contributed by atoms with Gasteiger partial charge in [-0.2, -0.15) is 5.26 Å². The molecule has 35 heavy (non-hydrogen) atoms. The Kier molecular flexibility index (Phi) is 5.01. The number of aromatic nitrogens is 2. The summed E-state index contributed by atoms with van der Waals surface area (Å²) in [7, 11) is 0. The number of imidazole rings is 1. The Labute approximate surface area is 207 Å². The normalized spacial score (nSPS) is 26.7. The van der Waals surface area contributed by atoms with Crippen molar-refractivity contribution in [2.24, 2.45) is 5.92 Å². The molecule has 3 heterocycles. The van der Waals surface area contributed by atoms with Gasteiger partial charge in [0.05, 0.1) is 29.1 Å². The summed E-state index contributed by atoms with van der Waals surface area (Å²) in [5.74, 6) is 0.796. The second kappa shape index (κ2) is 7.99. The van der Waals surface area contributed by atoms with Crippen LogP contribution in [0.3, 0.4) is 0 Å². The summed E-state index contributed by atoms with van der Waals surface area (Å²) < 4.78 is 2.10. The lowest BCUT2D eigenvalue weighted by Gasteiger charge is -2.57. The minimum atomic E-state index is -0.664. The summed E-state index contributed by atoms with van der Waals surface area (Å²) >= 11 is 6.23. The first-order chi connectivity index (χ1) is 16.9. The molecule has 9 heteroatoms. The van der Waals surface area contributed by atoms with Crippen LogP contribution in [-0.4, -0.2) is 33.6 Å². The van der Waals surface area contributed by atoms with Gasteiger partial charge in [0.2, 0.25) is 5.91 Å². The van der Waals surface area contributed by atoms with Crippen molar-refractivity contribution < 1.29 is 9.59 Å². The molecule has 1 saturated carbocycles. The molecule has 0 radical (unpaired) electrons. The van der Waals surface area contributed by atoms with Gasteiger partial charge in [0.1, 0.15) is 5.82 Å². The number of para-hydroxylation sites is 1. The molecule has 6 rings (SSSR count). The number of nitrogens with zero attached hydrogens (tertiary/aromatic N) is 4. The minimum absolute atomic E-state index is 0.0200. The summed E-state index contributed by atoms with van der Waals surface area (Å²) in [6.07, 6.45) is 1.73. The standard InChI is InChI=1S/C26H25ClN6O2/c1-15-23-19(31-25(35)29-15)13-26(23)17-6-2-3-7-20(17)33(24(26)34)14-22-30-18-12-16(27)8-9-21(18)32(22)11-5-4-10-28/h2-3,6-9,12,15,19,23H,4-5,11,13-14H2,1H3,(H2,29,31,35)/t15?,19-,23?,26+/m1/s1. The number of benzene rings is 2. The van der Waals surface area contributed by atoms with Crippen LogP contribution < -0.4 is 15.5 Å². The van der Waals surface area contributed by atoms with Crippen molar-refractivity contribution >= 4 is 40.3 Å². The van der Waals surface area contributed by atoms with E-state index in [1.165, 1.54) is 0 Å². The van der Waals surface area contributed by atoms with Gasteiger partial charge in [-0.3, -0.25) is 4.79 Å². The molecule has 1 spiro atoms. The Balaban J connectivity index is 1.40. The Morgan fingerprint density at radius 2 is 2.06 bits per heavy atom. The number of hydrogen-bond donors (Lipinski definition) is 2. The van der Waals surface area contributed by atoms with E-state index in [0.717, 1.165) is 28.1 Å². The van der Waals surface area contributed by atoms with Crippen LogP contribution in [0.15, 0.2) is 42.5 Å². The summed E-state index contributed by atoms with van der Waals surface area (Å²) in [6, 6.07) is 15.5. The number of unbranched alkanes of at least 4 members (excludes halogenated alkanes) is 1. The highest BCUT2D eigenvalue weighted by Crippen LogP contribution is 2.58. The maximum atomic E-state index is 14.2. The van der Waals surface area contributed by atoms with E-state index in [9.17, 15) is 9.59 Å². The molecule has 2 N–H and O–H groups in total. The van der Waals surface area contributed by atoms with Gasteiger partial charge in [0.15, 0.2) is 0 Å². The van der Waals surface area contributed by atoms with Gasteiger partial charge in [-0.25, -0.2) is 9.78 Å². The smallest absolute Gasteiger partial charge is 0.315 e. The van der Waals surface area contributed by atoms with E-state index in [1.807, 2.05) is 54.3 Å². The van der Waals surface area contributed by atoms with Crippen LogP contribution in [0.2, 0.25) is 5.02 Å². The third kappa shape index (κ3) is 3.15. The van der Waals surface area contributed by atoms with Crippen molar-refractivity contribution in [3.8, 4) is 6.07 Å². The van der Waals surface area contributed by atoms with Gasteiger partial charge >= 0.3 is 6.03 Å². The van der Waals surface area contributed by atoms with Crippen molar-refractivity contribution in [3.05, 3.63) is 58.9 Å². The van der Waals surface area contributed by atoms with Crippen LogP contribution in [-0.2, 0) is 23.3 Å². The largest absolute Gasteiger partial charge is 0.335 e. The average molecular weight is 489 g/mol. The van der Waals surface area contributed by atoms with Crippen molar-refractivity contribution in [2.75, 3.05) is 4.90 Å². The van der Waals surface area contributed by atoms with Gasteiger partial charge < -0.3 is 20.1 Å². The Morgan fingerprint density at radius 3 is 2.86 bits per heavy atom. The van der Waals surface area contributed by atoms with E-state index in [2.05, 4.69) is 21.3 Å². The van der Waals surface area contributed by atoms with Crippen LogP contribution in [0.4, 0.5) is 10.5 Å². The minimum Gasteiger partial charge on any atom is -0.335 e. The molecular formula is C26H25ClN6O2. The lowest BCUT2D eigenvalue weighted by molar-refractivity contribution is -0.133. The third-order valence-corrected chi connectivity index (χ3v) is 8.05. The quantitative estimate of drug-likeness (QED) is 0.532. The van der Waals surface area contributed by atoms with E-state index in [4.69, 9.17) is 21.8 Å². The number of anilines is 1. The van der Waals surface area contributed by atoms with Gasteiger partial charge in [-0.15, -0.1) is 0 Å². The van der Waals surface area contributed by atoms with E-state index in [-0.39, 0.29) is 29.9 Å². The maximum Gasteiger partial charge on any atom is 0.315 e. The van der Waals surface area contributed by atoms with Gasteiger partial charge in [0.25, 0.3) is 0 Å². The van der Waals surface area contributed by atoms with Gasteiger partial charge in [0, 0.05) is 41.7 Å². The fourth-order valence-electron chi connectivity index (χ4n) is 6.42. The van der Waals surface area contributed by atoms with E-state index in [1.54, 1.807) is 0 Å². The zero-order valence-electron chi connectivity index (χ0n) is 19.3. The highest BCUT2D eigenvalue weighted by Gasteiger charge is 2.67. The fraction of sp³-hybridized carbons (Fsp3) is 0.385. The molecular weight excluding hydrogens is 464 g/mol. The number of nitriles is 1. The first-order valence-corrected chi connectivity index (χ1v) is 12.3. The van der Waals surface area contributed by atoms with Crippen LogP contribution in [0.1, 0.15) is 37.6 Å². The molecule has 3 amide bonds. The average Bonchev–Trinajstić information content (AvgIpc) is 3.27. The Bertz CT molecular complexity index is 1400. The van der Waals surface area contributed by atoms with Crippen molar-refractivity contribution in [1.82, 2.24) is 20.2 Å². The SMILES string of the molecule is CC1NC(=O)N[C@@H]2C[C@@]3(C(=O)N(Cc4nc5cc(Cl)ccc5n4CCCC#N)c4ccccc43)C12. The first-order valence-electron chi connectivity index (χ1n) is 11.9. The van der Waals surface area contributed by atoms with E-state index < -0.39 is 5.41 Å². The summed E-state index contributed by atoms with van der Waals surface area (Å²) in [5.41, 5.74) is 2.96. The molecule has 3 aliphatic rings. The molecule has 2 aromatic carbocycles. The van der Waals surface area contributed by atoms with Crippen molar-refractivity contribution in [1.29, 1.82) is 5.26 Å². The highest BCUT2D eigenvalue weighted by atomic mass is 35.5. The third-order valence-electron chi connectivity index (χ3n) is 7.82. The van der Waals surface area contributed by atoms with Crippen molar-refractivity contribution in [2.45, 2.75) is 56.8 Å². The predicted octanol–water partition coefficient (Wildman–Crippen LogP) is 3.87. The topological polar surface area (TPSA) is 103 Å². The molecule has 2 unspecified atom stereocenters. The summed E-state index contributed by atoms with van der Waals surface area (Å²) in [4.78, 5) is 32.9. The maximum absolute atomic E-state index is 14.2. The highest BCUT2D eigenvalue weighted by molar-refractivity contribution is 6.31.